The number of piperazine rings is 1. The highest BCUT2D eigenvalue weighted by Crippen LogP contribution is 2.20. The molecule has 0 amide bonds. The molecule has 10 heteroatoms. The Morgan fingerprint density at radius 2 is 1.68 bits per heavy atom. The van der Waals surface area contributed by atoms with Gasteiger partial charge >= 0.3 is 0 Å². The van der Waals surface area contributed by atoms with Crippen molar-refractivity contribution < 1.29 is 8.42 Å². The van der Waals surface area contributed by atoms with E-state index in [1.165, 1.54) is 0 Å². The van der Waals surface area contributed by atoms with Gasteiger partial charge in [0.2, 0.25) is 10.0 Å². The quantitative estimate of drug-likeness (QED) is 0.507. The third kappa shape index (κ3) is 4.62. The second-order valence-electron chi connectivity index (χ2n) is 7.47. The van der Waals surface area contributed by atoms with E-state index in [0.29, 0.717) is 42.5 Å². The van der Waals surface area contributed by atoms with Gasteiger partial charge in [0.25, 0.3) is 0 Å². The molecule has 1 aliphatic rings. The van der Waals surface area contributed by atoms with E-state index < -0.39 is 10.0 Å². The van der Waals surface area contributed by atoms with Crippen molar-refractivity contribution in [2.45, 2.75) is 31.5 Å². The molecule has 0 saturated carbocycles. The zero-order valence-corrected chi connectivity index (χ0v) is 19.1. The summed E-state index contributed by atoms with van der Waals surface area (Å²) in [5, 5.41) is 4.78. The van der Waals surface area contributed by atoms with Crippen molar-refractivity contribution in [1.82, 2.24) is 28.5 Å². The zero-order valence-electron chi connectivity index (χ0n) is 17.5. The van der Waals surface area contributed by atoms with Crippen LogP contribution >= 0.6 is 12.2 Å². The Kier molecular flexibility index (Phi) is 6.61. The summed E-state index contributed by atoms with van der Waals surface area (Å²) in [6.07, 6.45) is 4.45. The van der Waals surface area contributed by atoms with Crippen LogP contribution in [0.5, 0.6) is 0 Å². The number of aromatic nitrogens is 4. The fourth-order valence-electron chi connectivity index (χ4n) is 3.72. The first-order valence-corrected chi connectivity index (χ1v) is 12.2. The van der Waals surface area contributed by atoms with Crippen molar-refractivity contribution in [2.24, 2.45) is 0 Å². The van der Waals surface area contributed by atoms with Crippen LogP contribution in [-0.2, 0) is 23.2 Å². The van der Waals surface area contributed by atoms with Crippen LogP contribution in [0.2, 0.25) is 0 Å². The highest BCUT2D eigenvalue weighted by atomic mass is 32.2. The highest BCUT2D eigenvalue weighted by molar-refractivity contribution is 7.89. The van der Waals surface area contributed by atoms with Crippen molar-refractivity contribution in [3.63, 3.8) is 0 Å². The van der Waals surface area contributed by atoms with Crippen LogP contribution in [0.1, 0.15) is 13.3 Å². The van der Waals surface area contributed by atoms with Crippen molar-refractivity contribution >= 4 is 22.2 Å². The first-order valence-electron chi connectivity index (χ1n) is 10.4. The van der Waals surface area contributed by atoms with Crippen LogP contribution in [0.4, 0.5) is 0 Å². The second-order valence-corrected chi connectivity index (χ2v) is 9.77. The lowest BCUT2D eigenvalue weighted by molar-refractivity contribution is 0.144. The van der Waals surface area contributed by atoms with E-state index in [2.05, 4.69) is 21.4 Å². The number of pyridine rings is 1. The molecule has 1 fully saturated rings. The van der Waals surface area contributed by atoms with Gasteiger partial charge < -0.3 is 0 Å². The Hall–Kier alpha value is -2.40. The van der Waals surface area contributed by atoms with Crippen molar-refractivity contribution in [3.8, 4) is 11.4 Å². The van der Waals surface area contributed by atoms with Crippen LogP contribution in [0, 0.1) is 4.77 Å². The highest BCUT2D eigenvalue weighted by Gasteiger charge is 2.28. The van der Waals surface area contributed by atoms with Gasteiger partial charge in [-0.15, -0.1) is 0 Å². The first-order chi connectivity index (χ1) is 15.0. The number of rotatable bonds is 7. The maximum Gasteiger partial charge on any atom is 0.243 e. The standard InChI is InChI=1S/C21H26N6O2S2/c1-2-12-26-20(18-8-10-22-11-9-18)23-27(21(26)30)17-24-13-15-25(16-14-24)31(28,29)19-6-4-3-5-7-19/h3-11H,2,12-17H2,1H3. The summed E-state index contributed by atoms with van der Waals surface area (Å²) < 4.78 is 31.8. The largest absolute Gasteiger partial charge is 0.300 e. The Morgan fingerprint density at radius 3 is 2.32 bits per heavy atom. The maximum absolute atomic E-state index is 12.8. The molecule has 0 radical (unpaired) electrons. The van der Waals surface area contributed by atoms with E-state index in [1.807, 2.05) is 22.9 Å². The smallest absolute Gasteiger partial charge is 0.243 e. The topological polar surface area (TPSA) is 76.3 Å². The fourth-order valence-corrected chi connectivity index (χ4v) is 5.43. The lowest BCUT2D eigenvalue weighted by Crippen LogP contribution is -2.48. The minimum atomic E-state index is -3.46. The normalized spacial score (nSPS) is 15.9. The summed E-state index contributed by atoms with van der Waals surface area (Å²) in [7, 11) is -3.46. The lowest BCUT2D eigenvalue weighted by Gasteiger charge is -2.33. The molecule has 3 aromatic rings. The Labute approximate surface area is 187 Å². The van der Waals surface area contributed by atoms with Gasteiger partial charge in [-0.1, -0.05) is 25.1 Å². The maximum atomic E-state index is 12.8. The Morgan fingerprint density at radius 1 is 1.00 bits per heavy atom. The minimum absolute atomic E-state index is 0.339. The molecule has 1 aromatic carbocycles. The average Bonchev–Trinajstić information content (AvgIpc) is 3.11. The van der Waals surface area contributed by atoms with Crippen molar-refractivity contribution in [2.75, 3.05) is 26.2 Å². The van der Waals surface area contributed by atoms with Crippen LogP contribution in [0.3, 0.4) is 0 Å². The molecule has 0 N–H and O–H groups in total. The van der Waals surface area contributed by atoms with Gasteiger partial charge in [-0.3, -0.25) is 14.5 Å². The van der Waals surface area contributed by atoms with Gasteiger partial charge in [-0.05, 0) is 42.9 Å². The molecule has 1 aliphatic heterocycles. The second kappa shape index (κ2) is 9.39. The van der Waals surface area contributed by atoms with Gasteiger partial charge in [0.15, 0.2) is 10.6 Å². The molecule has 0 aliphatic carbocycles. The molecule has 4 rings (SSSR count). The van der Waals surface area contributed by atoms with E-state index >= 15 is 0 Å². The van der Waals surface area contributed by atoms with E-state index in [4.69, 9.17) is 17.3 Å². The zero-order chi connectivity index (χ0) is 21.8. The van der Waals surface area contributed by atoms with E-state index in [9.17, 15) is 8.42 Å². The van der Waals surface area contributed by atoms with E-state index in [-0.39, 0.29) is 0 Å². The first kappa shape index (κ1) is 21.8. The molecule has 0 atom stereocenters. The number of nitrogens with zero attached hydrogens (tertiary/aromatic N) is 6. The SMILES string of the molecule is CCCn1c(-c2ccncc2)nn(CN2CCN(S(=O)(=O)c3ccccc3)CC2)c1=S. The molecule has 0 unspecified atom stereocenters. The molecule has 8 nitrogen and oxygen atoms in total. The van der Waals surface area contributed by atoms with E-state index in [0.717, 1.165) is 24.4 Å². The minimum Gasteiger partial charge on any atom is -0.300 e. The molecule has 0 bridgehead atoms. The molecule has 3 heterocycles. The molecule has 164 valence electrons. The third-order valence-electron chi connectivity index (χ3n) is 5.35. The molecule has 1 saturated heterocycles. The van der Waals surface area contributed by atoms with Crippen molar-refractivity contribution in [1.29, 1.82) is 0 Å². The lowest BCUT2D eigenvalue weighted by atomic mass is 10.2. The van der Waals surface area contributed by atoms with Crippen LogP contribution < -0.4 is 0 Å². The van der Waals surface area contributed by atoms with Crippen LogP contribution in [0.25, 0.3) is 11.4 Å². The Bertz CT molecular complexity index is 1170. The monoisotopic (exact) mass is 458 g/mol. The Balaban J connectivity index is 1.48. The van der Waals surface area contributed by atoms with Crippen molar-refractivity contribution in [3.05, 3.63) is 59.6 Å². The number of hydrogen-bond acceptors (Lipinski definition) is 6. The average molecular weight is 459 g/mol. The predicted molar refractivity (Wildman–Crippen MR) is 121 cm³/mol. The molecular weight excluding hydrogens is 432 g/mol. The molecular formula is C21H26N6O2S2. The summed E-state index contributed by atoms with van der Waals surface area (Å²) in [5.41, 5.74) is 0.979. The van der Waals surface area contributed by atoms with E-state index in [1.54, 1.807) is 41.0 Å². The molecule has 2 aromatic heterocycles. The van der Waals surface area contributed by atoms with Gasteiger partial charge in [-0.25, -0.2) is 13.1 Å². The molecule has 0 spiro atoms. The molecule has 31 heavy (non-hydrogen) atoms. The number of benzene rings is 1. The fraction of sp³-hybridized carbons (Fsp3) is 0.381. The van der Waals surface area contributed by atoms with Gasteiger partial charge in [0, 0.05) is 50.7 Å². The predicted octanol–water partition coefficient (Wildman–Crippen LogP) is 2.85. The van der Waals surface area contributed by atoms with Gasteiger partial charge in [0.1, 0.15) is 0 Å². The van der Waals surface area contributed by atoms with Gasteiger partial charge in [0.05, 0.1) is 11.6 Å². The number of sulfonamides is 1. The summed E-state index contributed by atoms with van der Waals surface area (Å²) in [5.74, 6) is 0.833. The summed E-state index contributed by atoms with van der Waals surface area (Å²) in [6, 6.07) is 12.5. The summed E-state index contributed by atoms with van der Waals surface area (Å²) in [4.78, 5) is 6.61. The summed E-state index contributed by atoms with van der Waals surface area (Å²) >= 11 is 5.71. The van der Waals surface area contributed by atoms with Crippen LogP contribution in [0.15, 0.2) is 59.8 Å². The van der Waals surface area contributed by atoms with Gasteiger partial charge in [-0.2, -0.15) is 9.40 Å². The summed E-state index contributed by atoms with van der Waals surface area (Å²) in [6.45, 7) is 5.57. The number of hydrogen-bond donors (Lipinski definition) is 0. The third-order valence-corrected chi connectivity index (χ3v) is 7.70. The van der Waals surface area contributed by atoms with Crippen LogP contribution in [-0.4, -0.2) is 63.1 Å².